The third-order valence-electron chi connectivity index (χ3n) is 4.85. The molecule has 162 valence electrons. The molecule has 0 aliphatic carbocycles. The third-order valence-corrected chi connectivity index (χ3v) is 6.06. The number of nitrogens with one attached hydrogen (secondary N) is 1. The normalized spacial score (nSPS) is 16.0. The number of amides is 1. The van der Waals surface area contributed by atoms with Crippen molar-refractivity contribution in [2.24, 2.45) is 0 Å². The number of aromatic nitrogens is 2. The number of fused-ring (bicyclic) bond motifs is 1. The molecule has 1 amide bonds. The molecule has 4 rings (SSSR count). The van der Waals surface area contributed by atoms with Gasteiger partial charge in [-0.2, -0.15) is 0 Å². The molecule has 31 heavy (non-hydrogen) atoms. The van der Waals surface area contributed by atoms with E-state index in [0.29, 0.717) is 34.2 Å². The molecular weight excluding hydrogens is 448 g/mol. The van der Waals surface area contributed by atoms with Crippen LogP contribution in [-0.2, 0) is 16.1 Å². The number of rotatable bonds is 6. The Kier molecular flexibility index (Phi) is 6.54. The van der Waals surface area contributed by atoms with E-state index >= 15 is 0 Å². The second-order valence-electron chi connectivity index (χ2n) is 7.04. The van der Waals surface area contributed by atoms with E-state index in [1.54, 1.807) is 18.2 Å². The average Bonchev–Trinajstić information content (AvgIpc) is 3.25. The van der Waals surface area contributed by atoms with Crippen LogP contribution in [0.2, 0.25) is 5.02 Å². The smallest absolute Gasteiger partial charge is 0.262 e. The van der Waals surface area contributed by atoms with Crippen LogP contribution < -0.4 is 10.9 Å². The molecule has 0 saturated carbocycles. The maximum absolute atomic E-state index is 13.8. The molecule has 1 atom stereocenters. The largest absolute Gasteiger partial charge is 0.376 e. The van der Waals surface area contributed by atoms with Gasteiger partial charge in [-0.15, -0.1) is 0 Å². The molecule has 1 saturated heterocycles. The van der Waals surface area contributed by atoms with Gasteiger partial charge in [0.05, 0.1) is 29.3 Å². The highest BCUT2D eigenvalue weighted by atomic mass is 35.5. The van der Waals surface area contributed by atoms with Crippen molar-refractivity contribution in [2.75, 3.05) is 17.7 Å². The van der Waals surface area contributed by atoms with Gasteiger partial charge < -0.3 is 10.1 Å². The van der Waals surface area contributed by atoms with Crippen molar-refractivity contribution in [3.05, 3.63) is 63.4 Å². The Bertz CT molecular complexity index is 1180. The van der Waals surface area contributed by atoms with Gasteiger partial charge in [0.15, 0.2) is 5.16 Å². The number of benzene rings is 2. The number of halogens is 3. The van der Waals surface area contributed by atoms with Gasteiger partial charge in [-0.1, -0.05) is 29.4 Å². The summed E-state index contributed by atoms with van der Waals surface area (Å²) >= 11 is 7.04. The van der Waals surface area contributed by atoms with Crippen LogP contribution in [0.3, 0.4) is 0 Å². The summed E-state index contributed by atoms with van der Waals surface area (Å²) in [7, 11) is 0. The minimum atomic E-state index is -0.868. The van der Waals surface area contributed by atoms with Crippen LogP contribution in [-0.4, -0.2) is 33.9 Å². The zero-order valence-electron chi connectivity index (χ0n) is 16.2. The quantitative estimate of drug-likeness (QED) is 0.435. The van der Waals surface area contributed by atoms with Gasteiger partial charge in [-0.3, -0.25) is 14.2 Å². The molecule has 0 spiro atoms. The first-order valence-electron chi connectivity index (χ1n) is 9.61. The molecule has 0 radical (unpaired) electrons. The van der Waals surface area contributed by atoms with E-state index in [0.717, 1.165) is 36.7 Å². The lowest BCUT2D eigenvalue weighted by Crippen LogP contribution is -2.29. The maximum atomic E-state index is 13.8. The van der Waals surface area contributed by atoms with Gasteiger partial charge in [0.1, 0.15) is 17.3 Å². The van der Waals surface area contributed by atoms with Gasteiger partial charge in [0.2, 0.25) is 5.91 Å². The molecule has 1 aliphatic heterocycles. The third kappa shape index (κ3) is 4.89. The van der Waals surface area contributed by atoms with Gasteiger partial charge >= 0.3 is 0 Å². The number of nitrogens with zero attached hydrogens (tertiary/aromatic N) is 2. The van der Waals surface area contributed by atoms with Crippen molar-refractivity contribution in [1.82, 2.24) is 9.55 Å². The van der Waals surface area contributed by atoms with E-state index in [2.05, 4.69) is 10.3 Å². The second-order valence-corrected chi connectivity index (χ2v) is 8.42. The van der Waals surface area contributed by atoms with Crippen molar-refractivity contribution >= 4 is 45.9 Å². The fourth-order valence-electron chi connectivity index (χ4n) is 3.36. The Hall–Kier alpha value is -2.49. The summed E-state index contributed by atoms with van der Waals surface area (Å²) in [5.74, 6) is -2.56. The molecule has 1 unspecified atom stereocenters. The van der Waals surface area contributed by atoms with E-state index < -0.39 is 23.2 Å². The number of carbonyl (C=O) groups is 1. The first-order chi connectivity index (χ1) is 14.9. The number of ether oxygens (including phenoxy) is 1. The summed E-state index contributed by atoms with van der Waals surface area (Å²) in [6.07, 6.45) is 1.61. The zero-order valence-corrected chi connectivity index (χ0v) is 17.8. The van der Waals surface area contributed by atoms with Crippen LogP contribution in [0, 0.1) is 11.6 Å². The van der Waals surface area contributed by atoms with Gasteiger partial charge in [-0.05, 0) is 43.2 Å². The molecule has 0 bridgehead atoms. The number of thioether (sulfide) groups is 1. The SMILES string of the molecule is O=C(CSc1nc2cc(Cl)ccc2c(=O)n1CC1CCCO1)Nc1c(F)cccc1F. The highest BCUT2D eigenvalue weighted by Crippen LogP contribution is 2.24. The highest BCUT2D eigenvalue weighted by molar-refractivity contribution is 7.99. The van der Waals surface area contributed by atoms with Crippen molar-refractivity contribution in [3.8, 4) is 0 Å². The molecule has 10 heteroatoms. The molecular formula is C21H18ClF2N3O3S. The predicted octanol–water partition coefficient (Wildman–Crippen LogP) is 4.24. The lowest BCUT2D eigenvalue weighted by Gasteiger charge is -2.16. The number of carbonyl (C=O) groups excluding carboxylic acids is 1. The molecule has 1 aliphatic rings. The minimum absolute atomic E-state index is 0.120. The summed E-state index contributed by atoms with van der Waals surface area (Å²) in [4.78, 5) is 29.9. The lowest BCUT2D eigenvalue weighted by atomic mass is 10.2. The van der Waals surface area contributed by atoms with Gasteiger partial charge in [0, 0.05) is 11.6 Å². The Morgan fingerprint density at radius 2 is 2.06 bits per heavy atom. The zero-order chi connectivity index (χ0) is 22.0. The van der Waals surface area contributed by atoms with Crippen LogP contribution in [0.25, 0.3) is 10.9 Å². The predicted molar refractivity (Wildman–Crippen MR) is 116 cm³/mol. The molecule has 1 aromatic heterocycles. The summed E-state index contributed by atoms with van der Waals surface area (Å²) in [6, 6.07) is 8.13. The monoisotopic (exact) mass is 465 g/mol. The van der Waals surface area contributed by atoms with Crippen LogP contribution in [0.15, 0.2) is 46.3 Å². The van der Waals surface area contributed by atoms with Crippen molar-refractivity contribution < 1.29 is 18.3 Å². The standard InChI is InChI=1S/C21H18ClF2N3O3S/c22-12-6-7-14-17(9-12)25-21(27(20(14)29)10-13-3-2-8-30-13)31-11-18(28)26-19-15(23)4-1-5-16(19)24/h1,4-7,9,13H,2-3,8,10-11H2,(H,26,28). The number of para-hydroxylation sites is 1. The maximum Gasteiger partial charge on any atom is 0.262 e. The fourth-order valence-corrected chi connectivity index (χ4v) is 4.33. The van der Waals surface area contributed by atoms with Crippen molar-refractivity contribution in [2.45, 2.75) is 30.6 Å². The first kappa shape index (κ1) is 21.7. The molecule has 1 N–H and O–H groups in total. The van der Waals surface area contributed by atoms with E-state index in [1.165, 1.54) is 10.6 Å². The average molecular weight is 466 g/mol. The Morgan fingerprint density at radius 1 is 1.29 bits per heavy atom. The van der Waals surface area contributed by atoms with Crippen LogP contribution >= 0.6 is 23.4 Å². The Labute approximate surface area is 185 Å². The molecule has 1 fully saturated rings. The fraction of sp³-hybridized carbons (Fsp3) is 0.286. The topological polar surface area (TPSA) is 73.2 Å². The van der Waals surface area contributed by atoms with Crippen molar-refractivity contribution in [1.29, 1.82) is 0 Å². The second kappa shape index (κ2) is 9.33. The van der Waals surface area contributed by atoms with Crippen molar-refractivity contribution in [3.63, 3.8) is 0 Å². The highest BCUT2D eigenvalue weighted by Gasteiger charge is 2.21. The summed E-state index contributed by atoms with van der Waals surface area (Å²) in [5, 5.41) is 3.37. The van der Waals surface area contributed by atoms with Crippen LogP contribution in [0.5, 0.6) is 0 Å². The van der Waals surface area contributed by atoms with E-state index in [4.69, 9.17) is 16.3 Å². The Morgan fingerprint density at radius 3 is 2.77 bits per heavy atom. The molecule has 2 aromatic carbocycles. The Balaban J connectivity index is 1.60. The van der Waals surface area contributed by atoms with Gasteiger partial charge in [-0.25, -0.2) is 13.8 Å². The number of hydrogen-bond donors (Lipinski definition) is 1. The minimum Gasteiger partial charge on any atom is -0.376 e. The molecule has 3 aromatic rings. The van der Waals surface area contributed by atoms with Gasteiger partial charge in [0.25, 0.3) is 5.56 Å². The van der Waals surface area contributed by atoms with E-state index in [1.807, 2.05) is 0 Å². The van der Waals surface area contributed by atoms with E-state index in [9.17, 15) is 18.4 Å². The molecule has 2 heterocycles. The summed E-state index contributed by atoms with van der Waals surface area (Å²) in [5.41, 5.74) is -0.368. The van der Waals surface area contributed by atoms with Crippen LogP contribution in [0.4, 0.5) is 14.5 Å². The van der Waals surface area contributed by atoms with Crippen LogP contribution in [0.1, 0.15) is 12.8 Å². The summed E-state index contributed by atoms with van der Waals surface area (Å²) in [6.45, 7) is 0.936. The number of anilines is 1. The lowest BCUT2D eigenvalue weighted by molar-refractivity contribution is -0.113. The summed E-state index contributed by atoms with van der Waals surface area (Å²) < 4.78 is 34.7. The first-order valence-corrected chi connectivity index (χ1v) is 11.0. The number of hydrogen-bond acceptors (Lipinski definition) is 5. The molecule has 6 nitrogen and oxygen atoms in total. The van der Waals surface area contributed by atoms with E-state index in [-0.39, 0.29) is 17.4 Å².